The number of carbonyl (C=O) groups excluding carboxylic acids is 2. The van der Waals surface area contributed by atoms with Crippen molar-refractivity contribution in [2.45, 2.75) is 59.3 Å². The first-order valence-electron chi connectivity index (χ1n) is 10.8. The summed E-state index contributed by atoms with van der Waals surface area (Å²) < 4.78 is 29.3. The molecule has 0 aliphatic rings. The third kappa shape index (κ3) is 9.74. The fraction of sp³-hybridized carbons (Fsp3) is 0.565. The number of hydrogen-bond acceptors (Lipinski definition) is 10. The van der Waals surface area contributed by atoms with E-state index in [9.17, 15) is 14.0 Å². The van der Waals surface area contributed by atoms with Crippen LogP contribution in [0.1, 0.15) is 47.1 Å². The summed E-state index contributed by atoms with van der Waals surface area (Å²) in [5.41, 5.74) is -0.155. The predicted octanol–water partition coefficient (Wildman–Crippen LogP) is 2.77. The van der Waals surface area contributed by atoms with Gasteiger partial charge in [0, 0.05) is 17.7 Å². The van der Waals surface area contributed by atoms with E-state index in [2.05, 4.69) is 20.4 Å². The Morgan fingerprint density at radius 3 is 2.00 bits per heavy atom. The lowest BCUT2D eigenvalue weighted by molar-refractivity contribution is -0.160. The molecule has 1 aromatic carbocycles. The van der Waals surface area contributed by atoms with Crippen LogP contribution >= 0.6 is 0 Å². The molecule has 1 heterocycles. The third-order valence-electron chi connectivity index (χ3n) is 4.01. The topological polar surface area (TPSA) is 117 Å². The highest BCUT2D eigenvalue weighted by Crippen LogP contribution is 2.27. The van der Waals surface area contributed by atoms with E-state index in [0.717, 1.165) is 0 Å². The molecule has 0 aliphatic carbocycles. The van der Waals surface area contributed by atoms with E-state index in [-0.39, 0.29) is 32.1 Å². The minimum Gasteiger partial charge on any atom is -0.491 e. The lowest BCUT2D eigenvalue weighted by Crippen LogP contribution is -2.39. The first-order chi connectivity index (χ1) is 15.9. The minimum absolute atomic E-state index is 0.145. The van der Waals surface area contributed by atoms with Crippen LogP contribution in [0.2, 0.25) is 0 Å². The normalized spacial score (nSPS) is 11.9. The van der Waals surface area contributed by atoms with Crippen molar-refractivity contribution in [1.82, 2.24) is 25.3 Å². The summed E-state index contributed by atoms with van der Waals surface area (Å²) in [5, 5.41) is 15.3. The van der Waals surface area contributed by atoms with Gasteiger partial charge in [0.2, 0.25) is 5.82 Å². The summed E-state index contributed by atoms with van der Waals surface area (Å²) in [6, 6.07) is 5.11. The average Bonchev–Trinajstić information content (AvgIpc) is 2.70. The van der Waals surface area contributed by atoms with Crippen LogP contribution in [-0.2, 0) is 25.6 Å². The van der Waals surface area contributed by atoms with Crippen LogP contribution in [0.3, 0.4) is 0 Å². The van der Waals surface area contributed by atoms with E-state index in [1.54, 1.807) is 64.6 Å². The second-order valence-corrected chi connectivity index (χ2v) is 9.55. The summed E-state index contributed by atoms with van der Waals surface area (Å²) in [7, 11) is 0. The van der Waals surface area contributed by atoms with Crippen molar-refractivity contribution in [3.63, 3.8) is 0 Å². The Kier molecular flexibility index (Phi) is 9.36. The molecule has 34 heavy (non-hydrogen) atoms. The smallest absolute Gasteiger partial charge is 0.320 e. The fourth-order valence-corrected chi connectivity index (χ4v) is 2.95. The van der Waals surface area contributed by atoms with Crippen LogP contribution in [0.15, 0.2) is 24.5 Å². The molecule has 11 heteroatoms. The molecule has 0 fully saturated rings. The monoisotopic (exact) mass is 477 g/mol. The van der Waals surface area contributed by atoms with Crippen molar-refractivity contribution in [1.29, 1.82) is 0 Å². The molecule has 0 saturated heterocycles. The zero-order chi connectivity index (χ0) is 25.4. The highest BCUT2D eigenvalue weighted by atomic mass is 19.1. The van der Waals surface area contributed by atoms with Gasteiger partial charge in [0.05, 0.1) is 13.1 Å². The second-order valence-electron chi connectivity index (χ2n) is 9.55. The SMILES string of the molecule is CC(C)(C)OC(=O)CN(CC(=O)OC(C)(C)C)Cc1ccc(-c2nncnn2)cc1OCCF. The second kappa shape index (κ2) is 11.8. The molecule has 2 aromatic rings. The van der Waals surface area contributed by atoms with E-state index in [4.69, 9.17) is 14.2 Å². The van der Waals surface area contributed by atoms with Crippen molar-refractivity contribution in [2.24, 2.45) is 0 Å². The lowest BCUT2D eigenvalue weighted by atomic mass is 10.1. The molecular weight excluding hydrogens is 445 g/mol. The van der Waals surface area contributed by atoms with Crippen LogP contribution < -0.4 is 4.74 Å². The number of esters is 2. The Morgan fingerprint density at radius 2 is 1.50 bits per heavy atom. The zero-order valence-corrected chi connectivity index (χ0v) is 20.5. The maximum Gasteiger partial charge on any atom is 0.320 e. The van der Waals surface area contributed by atoms with Gasteiger partial charge in [-0.15, -0.1) is 20.4 Å². The van der Waals surface area contributed by atoms with Gasteiger partial charge in [-0.1, -0.05) is 12.1 Å². The van der Waals surface area contributed by atoms with Gasteiger partial charge in [0.1, 0.15) is 30.2 Å². The van der Waals surface area contributed by atoms with Gasteiger partial charge in [0.15, 0.2) is 6.33 Å². The van der Waals surface area contributed by atoms with Crippen LogP contribution in [0.5, 0.6) is 5.75 Å². The third-order valence-corrected chi connectivity index (χ3v) is 4.01. The molecule has 186 valence electrons. The first kappa shape index (κ1) is 27.0. The van der Waals surface area contributed by atoms with E-state index in [1.165, 1.54) is 6.33 Å². The van der Waals surface area contributed by atoms with Crippen molar-refractivity contribution >= 4 is 11.9 Å². The number of carbonyl (C=O) groups is 2. The van der Waals surface area contributed by atoms with Crippen LogP contribution in [-0.4, -0.2) is 74.8 Å². The van der Waals surface area contributed by atoms with Crippen molar-refractivity contribution in [3.05, 3.63) is 30.1 Å². The molecule has 0 aliphatic heterocycles. The fourth-order valence-electron chi connectivity index (χ4n) is 2.95. The molecule has 1 aromatic heterocycles. The number of rotatable bonds is 10. The highest BCUT2D eigenvalue weighted by Gasteiger charge is 2.24. The van der Waals surface area contributed by atoms with Gasteiger partial charge >= 0.3 is 11.9 Å². The molecule has 0 spiro atoms. The molecule has 0 N–H and O–H groups in total. The summed E-state index contributed by atoms with van der Waals surface area (Å²) in [6.07, 6.45) is 1.21. The zero-order valence-electron chi connectivity index (χ0n) is 20.5. The molecule has 0 unspecified atom stereocenters. The summed E-state index contributed by atoms with van der Waals surface area (Å²) in [5.74, 6) is -0.345. The number of nitrogens with zero attached hydrogens (tertiary/aromatic N) is 5. The van der Waals surface area contributed by atoms with Gasteiger partial charge in [-0.25, -0.2) is 4.39 Å². The largest absolute Gasteiger partial charge is 0.491 e. The van der Waals surface area contributed by atoms with Crippen molar-refractivity contribution in [2.75, 3.05) is 26.4 Å². The molecule has 0 bridgehead atoms. The molecule has 0 radical (unpaired) electrons. The van der Waals surface area contributed by atoms with Crippen LogP contribution in [0.25, 0.3) is 11.4 Å². The van der Waals surface area contributed by atoms with Gasteiger partial charge in [0.25, 0.3) is 0 Å². The van der Waals surface area contributed by atoms with Gasteiger partial charge in [-0.3, -0.25) is 14.5 Å². The van der Waals surface area contributed by atoms with Crippen molar-refractivity contribution < 1.29 is 28.2 Å². The Bertz CT molecular complexity index is 930. The standard InChI is InChI=1S/C23H32FN5O5/c1-22(2,3)33-19(30)13-29(14-20(31)34-23(4,5)6)12-17-8-7-16(11-18(17)32-10-9-24)21-27-25-15-26-28-21/h7-8,11,15H,9-10,12-14H2,1-6H3. The van der Waals surface area contributed by atoms with E-state index in [1.807, 2.05) is 0 Å². The number of ether oxygens (including phenoxy) is 3. The Labute approximate surface area is 198 Å². The first-order valence-corrected chi connectivity index (χ1v) is 10.8. The quantitative estimate of drug-likeness (QED) is 0.473. The number of halogens is 1. The van der Waals surface area contributed by atoms with Gasteiger partial charge < -0.3 is 14.2 Å². The molecular formula is C23H32FN5O5. The number of hydrogen-bond donors (Lipinski definition) is 0. The Morgan fingerprint density at radius 1 is 0.941 bits per heavy atom. The van der Waals surface area contributed by atoms with Gasteiger partial charge in [-0.05, 0) is 47.6 Å². The molecule has 0 amide bonds. The molecule has 0 atom stereocenters. The minimum atomic E-state index is -0.686. The summed E-state index contributed by atoms with van der Waals surface area (Å²) in [6.45, 7) is 9.56. The maximum atomic E-state index is 12.9. The lowest BCUT2D eigenvalue weighted by Gasteiger charge is -2.27. The maximum absolute atomic E-state index is 12.9. The molecule has 2 rings (SSSR count). The van der Waals surface area contributed by atoms with E-state index >= 15 is 0 Å². The number of alkyl halides is 1. The predicted molar refractivity (Wildman–Crippen MR) is 121 cm³/mol. The van der Waals surface area contributed by atoms with Crippen LogP contribution in [0.4, 0.5) is 4.39 Å². The van der Waals surface area contributed by atoms with Crippen molar-refractivity contribution in [3.8, 4) is 17.1 Å². The Balaban J connectivity index is 2.30. The average molecular weight is 478 g/mol. The Hall–Kier alpha value is -3.21. The molecule has 0 saturated carbocycles. The van der Waals surface area contributed by atoms with E-state index < -0.39 is 29.8 Å². The summed E-state index contributed by atoms with van der Waals surface area (Å²) >= 11 is 0. The van der Waals surface area contributed by atoms with E-state index in [0.29, 0.717) is 16.9 Å². The van der Waals surface area contributed by atoms with Crippen LogP contribution in [0, 0.1) is 0 Å². The highest BCUT2D eigenvalue weighted by molar-refractivity contribution is 5.75. The van der Waals surface area contributed by atoms with Gasteiger partial charge in [-0.2, -0.15) is 0 Å². The number of aromatic nitrogens is 4. The number of benzene rings is 1. The summed E-state index contributed by atoms with van der Waals surface area (Å²) in [4.78, 5) is 26.6. The molecule has 10 nitrogen and oxygen atoms in total.